The highest BCUT2D eigenvalue weighted by Gasteiger charge is 2.25. The molecule has 174 valence electrons. The maximum atomic E-state index is 11.8. The Hall–Kier alpha value is -2.85. The summed E-state index contributed by atoms with van der Waals surface area (Å²) in [6.45, 7) is 0.747. The van der Waals surface area contributed by atoms with Gasteiger partial charge in [-0.05, 0) is 60.4 Å². The van der Waals surface area contributed by atoms with Crippen LogP contribution in [-0.4, -0.2) is 69.3 Å². The van der Waals surface area contributed by atoms with E-state index in [9.17, 15) is 13.2 Å². The van der Waals surface area contributed by atoms with Crippen molar-refractivity contribution in [2.24, 2.45) is 5.10 Å². The zero-order chi connectivity index (χ0) is 23.8. The van der Waals surface area contributed by atoms with Crippen molar-refractivity contribution in [3.05, 3.63) is 59.2 Å². The lowest BCUT2D eigenvalue weighted by Crippen LogP contribution is -2.36. The molecular formula is C23H27N5O3S2. The molecule has 1 N–H and O–H groups in total. The maximum absolute atomic E-state index is 11.8. The molecule has 2 heterocycles. The second-order valence-corrected chi connectivity index (χ2v) is 11.3. The van der Waals surface area contributed by atoms with Gasteiger partial charge in [-0.1, -0.05) is 6.07 Å². The molecule has 0 saturated carbocycles. The van der Waals surface area contributed by atoms with E-state index in [4.69, 9.17) is 5.41 Å². The summed E-state index contributed by atoms with van der Waals surface area (Å²) in [5.41, 5.74) is 5.46. The van der Waals surface area contributed by atoms with E-state index >= 15 is 0 Å². The molecule has 8 nitrogen and oxygen atoms in total. The Kier molecular flexibility index (Phi) is 6.49. The van der Waals surface area contributed by atoms with E-state index < -0.39 is 10.0 Å². The summed E-state index contributed by atoms with van der Waals surface area (Å²) in [4.78, 5) is 13.1. The summed E-state index contributed by atoms with van der Waals surface area (Å²) in [6.07, 6.45) is 3.94. The van der Waals surface area contributed by atoms with Gasteiger partial charge in [-0.3, -0.25) is 14.7 Å². The summed E-state index contributed by atoms with van der Waals surface area (Å²) in [5, 5.41) is 14.8. The molecule has 1 atom stereocenters. The van der Waals surface area contributed by atoms with E-state index in [0.29, 0.717) is 17.3 Å². The third kappa shape index (κ3) is 4.77. The van der Waals surface area contributed by atoms with Gasteiger partial charge in [0.05, 0.1) is 17.7 Å². The fourth-order valence-corrected chi connectivity index (χ4v) is 5.40. The summed E-state index contributed by atoms with van der Waals surface area (Å²) >= 11 is 1.56. The Morgan fingerprint density at radius 1 is 1.24 bits per heavy atom. The van der Waals surface area contributed by atoms with Crippen molar-refractivity contribution in [2.45, 2.75) is 18.2 Å². The molecular weight excluding hydrogens is 458 g/mol. The first-order chi connectivity index (χ1) is 15.7. The van der Waals surface area contributed by atoms with Crippen LogP contribution in [0.5, 0.6) is 0 Å². The lowest BCUT2D eigenvalue weighted by molar-refractivity contribution is -0.109. The van der Waals surface area contributed by atoms with Crippen LogP contribution in [0.4, 0.5) is 11.4 Å². The molecule has 0 saturated heterocycles. The molecule has 0 radical (unpaired) electrons. The highest BCUT2D eigenvalue weighted by molar-refractivity contribution is 8.01. The molecule has 2 aliphatic heterocycles. The number of aldehydes is 1. The molecule has 0 aromatic heterocycles. The molecule has 2 aromatic carbocycles. The van der Waals surface area contributed by atoms with Crippen molar-refractivity contribution in [1.82, 2.24) is 5.01 Å². The second kappa shape index (κ2) is 9.18. The number of thioether (sulfide) groups is 1. The number of amidine groups is 1. The zero-order valence-corrected chi connectivity index (χ0v) is 20.5. The van der Waals surface area contributed by atoms with E-state index in [0.717, 1.165) is 54.5 Å². The van der Waals surface area contributed by atoms with Crippen molar-refractivity contribution in [2.75, 3.05) is 41.9 Å². The number of likely N-dealkylation sites (N-methyl/N-ethyl adjacent to an activating group) is 1. The number of carbonyl (C=O) groups is 1. The van der Waals surface area contributed by atoms with Crippen LogP contribution in [0.1, 0.15) is 23.1 Å². The van der Waals surface area contributed by atoms with Gasteiger partial charge >= 0.3 is 0 Å². The average molecular weight is 486 g/mol. The van der Waals surface area contributed by atoms with Crippen LogP contribution < -0.4 is 9.21 Å². The molecule has 10 heteroatoms. The highest BCUT2D eigenvalue weighted by atomic mass is 32.2. The number of fused-ring (bicyclic) bond motifs is 1. The number of hydrogen-bond acceptors (Lipinski definition) is 7. The molecule has 2 aliphatic rings. The standard InChI is InChI=1S/C23H27N5O3S2/c1-26-22(14-29)32-15-20(25-26)17-8-11-21-18(13-17)5-4-12-28(21)23(24)16-6-9-19(10-7-16)27(2)33(3,30)31/h6-11,13-14,22,24H,4-5,12,15H2,1-3H3. The zero-order valence-electron chi connectivity index (χ0n) is 18.9. The fraction of sp³-hybridized carbons (Fsp3) is 0.348. The van der Waals surface area contributed by atoms with E-state index in [1.807, 2.05) is 24.1 Å². The van der Waals surface area contributed by atoms with Crippen molar-refractivity contribution in [3.8, 4) is 0 Å². The minimum absolute atomic E-state index is 0.244. The number of hydrogen-bond donors (Lipinski definition) is 1. The van der Waals surface area contributed by atoms with Gasteiger partial charge < -0.3 is 9.69 Å². The predicted molar refractivity (Wildman–Crippen MR) is 135 cm³/mol. The number of anilines is 2. The van der Waals surface area contributed by atoms with Crippen LogP contribution in [0.25, 0.3) is 0 Å². The molecule has 0 amide bonds. The predicted octanol–water partition coefficient (Wildman–Crippen LogP) is 2.77. The number of carbonyl (C=O) groups excluding carboxylic acids is 1. The minimum atomic E-state index is -3.33. The van der Waals surface area contributed by atoms with Gasteiger partial charge in [0.2, 0.25) is 10.0 Å². The van der Waals surface area contributed by atoms with Crippen LogP contribution >= 0.6 is 11.8 Å². The lowest BCUT2D eigenvalue weighted by Gasteiger charge is -2.32. The van der Waals surface area contributed by atoms with Gasteiger partial charge in [-0.2, -0.15) is 5.10 Å². The van der Waals surface area contributed by atoms with E-state index in [1.165, 1.54) is 16.9 Å². The summed E-state index contributed by atoms with van der Waals surface area (Å²) < 4.78 is 24.8. The van der Waals surface area contributed by atoms with Gasteiger partial charge in [-0.25, -0.2) is 8.42 Å². The number of benzene rings is 2. The summed E-state index contributed by atoms with van der Waals surface area (Å²) in [6, 6.07) is 13.2. The van der Waals surface area contributed by atoms with E-state index in [-0.39, 0.29) is 5.37 Å². The smallest absolute Gasteiger partial charge is 0.231 e. The third-order valence-electron chi connectivity index (χ3n) is 5.96. The van der Waals surface area contributed by atoms with Crippen molar-refractivity contribution in [1.29, 1.82) is 5.41 Å². The van der Waals surface area contributed by atoms with Crippen molar-refractivity contribution < 1.29 is 13.2 Å². The number of hydrazone groups is 1. The van der Waals surface area contributed by atoms with Crippen molar-refractivity contribution >= 4 is 51.0 Å². The lowest BCUT2D eigenvalue weighted by atomic mass is 9.97. The van der Waals surface area contributed by atoms with Crippen LogP contribution in [0.15, 0.2) is 47.6 Å². The largest absolute Gasteiger partial charge is 0.326 e. The average Bonchev–Trinajstić information content (AvgIpc) is 2.82. The third-order valence-corrected chi connectivity index (χ3v) is 8.36. The Morgan fingerprint density at radius 3 is 2.61 bits per heavy atom. The second-order valence-electron chi connectivity index (χ2n) is 8.18. The topological polar surface area (TPSA) is 97.1 Å². The van der Waals surface area contributed by atoms with Gasteiger partial charge in [-0.15, -0.1) is 11.8 Å². The number of sulfonamides is 1. The van der Waals surface area contributed by atoms with Gasteiger partial charge in [0.1, 0.15) is 11.2 Å². The Bertz CT molecular complexity index is 1210. The molecule has 0 fully saturated rings. The van der Waals surface area contributed by atoms with Crippen LogP contribution in [0.3, 0.4) is 0 Å². The molecule has 0 bridgehead atoms. The molecule has 0 spiro atoms. The summed E-state index contributed by atoms with van der Waals surface area (Å²) in [5.74, 6) is 1.07. The number of nitrogens with zero attached hydrogens (tertiary/aromatic N) is 4. The fourth-order valence-electron chi connectivity index (χ4n) is 4.00. The summed E-state index contributed by atoms with van der Waals surface area (Å²) in [7, 11) is -0.00804. The van der Waals surface area contributed by atoms with Gasteiger partial charge in [0, 0.05) is 37.6 Å². The molecule has 2 aromatic rings. The van der Waals surface area contributed by atoms with Crippen LogP contribution in [0.2, 0.25) is 0 Å². The monoisotopic (exact) mass is 485 g/mol. The Balaban J connectivity index is 1.57. The first-order valence-electron chi connectivity index (χ1n) is 10.6. The Morgan fingerprint density at radius 2 is 1.97 bits per heavy atom. The normalized spacial score (nSPS) is 18.4. The molecule has 33 heavy (non-hydrogen) atoms. The minimum Gasteiger partial charge on any atom is -0.326 e. The first kappa shape index (κ1) is 23.3. The Labute approximate surface area is 198 Å². The highest BCUT2D eigenvalue weighted by Crippen LogP contribution is 2.31. The quantitative estimate of drug-likeness (QED) is 0.397. The number of nitrogens with one attached hydrogen (secondary N) is 1. The maximum Gasteiger partial charge on any atom is 0.231 e. The van der Waals surface area contributed by atoms with Crippen LogP contribution in [0, 0.1) is 5.41 Å². The van der Waals surface area contributed by atoms with E-state index in [1.54, 1.807) is 41.0 Å². The SMILES string of the molecule is CN1N=C(c2ccc3c(c2)CCCN3C(=N)c2ccc(N(C)S(C)(=O)=O)cc2)CSC1C=O. The van der Waals surface area contributed by atoms with Crippen molar-refractivity contribution in [3.63, 3.8) is 0 Å². The van der Waals surface area contributed by atoms with E-state index in [2.05, 4.69) is 11.2 Å². The van der Waals surface area contributed by atoms with Crippen LogP contribution in [-0.2, 0) is 21.2 Å². The van der Waals surface area contributed by atoms with Gasteiger partial charge in [0.15, 0.2) is 6.29 Å². The van der Waals surface area contributed by atoms with Gasteiger partial charge in [0.25, 0.3) is 0 Å². The first-order valence-corrected chi connectivity index (χ1v) is 13.5. The molecule has 1 unspecified atom stereocenters. The molecule has 4 rings (SSSR count). The number of rotatable bonds is 5. The molecule has 0 aliphatic carbocycles. The number of aryl methyl sites for hydroxylation is 1.